The Morgan fingerprint density at radius 3 is 2.36 bits per heavy atom. The monoisotopic (exact) mass is 463 g/mol. The first-order chi connectivity index (χ1) is 16.0. The first-order valence-corrected chi connectivity index (χ1v) is 10.7. The van der Waals surface area contributed by atoms with Gasteiger partial charge in [0.2, 0.25) is 5.90 Å². The average molecular weight is 464 g/mol. The Kier molecular flexibility index (Phi) is 6.95. The second-order valence-electron chi connectivity index (χ2n) is 7.23. The van der Waals surface area contributed by atoms with Crippen LogP contribution in [0.1, 0.15) is 16.7 Å². The Balaban J connectivity index is 1.48. The van der Waals surface area contributed by atoms with Gasteiger partial charge in [0.1, 0.15) is 19.0 Å². The van der Waals surface area contributed by atoms with E-state index in [2.05, 4.69) is 4.99 Å². The van der Waals surface area contributed by atoms with E-state index in [4.69, 9.17) is 30.5 Å². The number of methoxy groups -OCH3 is 1. The number of rotatable bonds is 8. The van der Waals surface area contributed by atoms with Gasteiger partial charge in [-0.05, 0) is 61.5 Å². The standard InChI is InChI=1S/C26H22ClNO5/c1-17-7-12-22(31-13-14-32-24-6-4-3-5-23(24)30-2)19(15-17)16-21-26(29)33-25(28-21)18-8-10-20(27)11-9-18/h3-12,15-16H,13-14H2,1-2H3/b21-16+. The molecule has 0 atom stereocenters. The second kappa shape index (κ2) is 10.2. The summed E-state index contributed by atoms with van der Waals surface area (Å²) >= 11 is 5.93. The molecule has 7 heteroatoms. The molecule has 0 radical (unpaired) electrons. The zero-order chi connectivity index (χ0) is 23.2. The molecule has 0 aliphatic carbocycles. The van der Waals surface area contributed by atoms with Crippen LogP contribution in [0.25, 0.3) is 6.08 Å². The summed E-state index contributed by atoms with van der Waals surface area (Å²) in [7, 11) is 1.60. The number of esters is 1. The number of aryl methyl sites for hydroxylation is 1. The number of cyclic esters (lactones) is 1. The normalized spacial score (nSPS) is 14.1. The fraction of sp³-hybridized carbons (Fsp3) is 0.154. The first kappa shape index (κ1) is 22.4. The Hall–Kier alpha value is -3.77. The third-order valence-electron chi connectivity index (χ3n) is 4.84. The molecule has 4 rings (SSSR count). The number of carbonyl (C=O) groups excluding carboxylic acids is 1. The van der Waals surface area contributed by atoms with E-state index in [1.807, 2.05) is 49.4 Å². The molecule has 168 valence electrons. The number of hydrogen-bond donors (Lipinski definition) is 0. The van der Waals surface area contributed by atoms with Gasteiger partial charge in [-0.1, -0.05) is 35.4 Å². The van der Waals surface area contributed by atoms with Gasteiger partial charge in [0.25, 0.3) is 0 Å². The molecule has 1 heterocycles. The number of aliphatic imine (C=N–C) groups is 1. The van der Waals surface area contributed by atoms with Gasteiger partial charge in [-0.3, -0.25) is 0 Å². The molecule has 0 bridgehead atoms. The van der Waals surface area contributed by atoms with Crippen LogP contribution in [0.2, 0.25) is 5.02 Å². The van der Waals surface area contributed by atoms with Crippen molar-refractivity contribution in [1.82, 2.24) is 0 Å². The van der Waals surface area contributed by atoms with E-state index < -0.39 is 5.97 Å². The second-order valence-corrected chi connectivity index (χ2v) is 7.67. The summed E-state index contributed by atoms with van der Waals surface area (Å²) in [5.74, 6) is 1.63. The lowest BCUT2D eigenvalue weighted by Crippen LogP contribution is -2.10. The summed E-state index contributed by atoms with van der Waals surface area (Å²) in [6.07, 6.45) is 1.66. The maximum absolute atomic E-state index is 12.4. The lowest BCUT2D eigenvalue weighted by Gasteiger charge is -2.13. The molecule has 1 aliphatic rings. The average Bonchev–Trinajstić information content (AvgIpc) is 3.18. The van der Waals surface area contributed by atoms with E-state index in [0.717, 1.165) is 11.1 Å². The van der Waals surface area contributed by atoms with Crippen LogP contribution in [-0.2, 0) is 9.53 Å². The number of ether oxygens (including phenoxy) is 4. The van der Waals surface area contributed by atoms with E-state index in [-0.39, 0.29) is 11.6 Å². The highest BCUT2D eigenvalue weighted by Gasteiger charge is 2.24. The first-order valence-electron chi connectivity index (χ1n) is 10.3. The maximum atomic E-state index is 12.4. The smallest absolute Gasteiger partial charge is 0.363 e. The molecule has 0 saturated heterocycles. The SMILES string of the molecule is COc1ccccc1OCCOc1ccc(C)cc1/C=C1/N=C(c2ccc(Cl)cc2)OC1=O. The highest BCUT2D eigenvalue weighted by molar-refractivity contribution is 6.30. The summed E-state index contributed by atoms with van der Waals surface area (Å²) < 4.78 is 22.3. The largest absolute Gasteiger partial charge is 0.493 e. The molecule has 0 N–H and O–H groups in total. The summed E-state index contributed by atoms with van der Waals surface area (Å²) in [5.41, 5.74) is 2.61. The number of halogens is 1. The predicted octanol–water partition coefficient (Wildman–Crippen LogP) is 5.46. The highest BCUT2D eigenvalue weighted by atomic mass is 35.5. The Bertz CT molecular complexity index is 1220. The van der Waals surface area contributed by atoms with Crippen LogP contribution in [0.3, 0.4) is 0 Å². The van der Waals surface area contributed by atoms with Crippen molar-refractivity contribution >= 4 is 29.5 Å². The van der Waals surface area contributed by atoms with Gasteiger partial charge in [0, 0.05) is 16.1 Å². The Morgan fingerprint density at radius 1 is 0.939 bits per heavy atom. The van der Waals surface area contributed by atoms with Crippen LogP contribution in [-0.4, -0.2) is 32.2 Å². The molecular formula is C26H22ClNO5. The van der Waals surface area contributed by atoms with Crippen molar-refractivity contribution in [3.8, 4) is 17.2 Å². The van der Waals surface area contributed by atoms with Crippen molar-refractivity contribution in [1.29, 1.82) is 0 Å². The van der Waals surface area contributed by atoms with Crippen LogP contribution < -0.4 is 14.2 Å². The molecule has 0 unspecified atom stereocenters. The topological polar surface area (TPSA) is 66.3 Å². The number of para-hydroxylation sites is 2. The van der Waals surface area contributed by atoms with E-state index in [0.29, 0.717) is 41.0 Å². The minimum atomic E-state index is -0.521. The molecule has 0 amide bonds. The Labute approximate surface area is 197 Å². The number of benzene rings is 3. The van der Waals surface area contributed by atoms with Crippen molar-refractivity contribution in [2.24, 2.45) is 4.99 Å². The lowest BCUT2D eigenvalue weighted by molar-refractivity contribution is -0.129. The third-order valence-corrected chi connectivity index (χ3v) is 5.09. The summed E-state index contributed by atoms with van der Waals surface area (Å²) in [6.45, 7) is 2.60. The maximum Gasteiger partial charge on any atom is 0.363 e. The van der Waals surface area contributed by atoms with Gasteiger partial charge in [-0.25, -0.2) is 9.79 Å². The zero-order valence-electron chi connectivity index (χ0n) is 18.2. The molecule has 3 aromatic rings. The Morgan fingerprint density at radius 2 is 1.64 bits per heavy atom. The summed E-state index contributed by atoms with van der Waals surface area (Å²) in [6, 6.07) is 20.1. The predicted molar refractivity (Wildman–Crippen MR) is 127 cm³/mol. The lowest BCUT2D eigenvalue weighted by atomic mass is 10.1. The van der Waals surface area contributed by atoms with Gasteiger partial charge in [0.05, 0.1) is 7.11 Å². The van der Waals surface area contributed by atoms with Gasteiger partial charge in [-0.15, -0.1) is 0 Å². The van der Waals surface area contributed by atoms with Gasteiger partial charge in [-0.2, -0.15) is 0 Å². The summed E-state index contributed by atoms with van der Waals surface area (Å²) in [5, 5.41) is 0.593. The zero-order valence-corrected chi connectivity index (χ0v) is 19.0. The fourth-order valence-electron chi connectivity index (χ4n) is 3.23. The molecule has 33 heavy (non-hydrogen) atoms. The fourth-order valence-corrected chi connectivity index (χ4v) is 3.35. The highest BCUT2D eigenvalue weighted by Crippen LogP contribution is 2.28. The van der Waals surface area contributed by atoms with E-state index >= 15 is 0 Å². The van der Waals surface area contributed by atoms with Crippen molar-refractivity contribution < 1.29 is 23.7 Å². The van der Waals surface area contributed by atoms with Crippen molar-refractivity contribution in [2.75, 3.05) is 20.3 Å². The molecule has 1 aliphatic heterocycles. The van der Waals surface area contributed by atoms with Crippen molar-refractivity contribution in [2.45, 2.75) is 6.92 Å². The van der Waals surface area contributed by atoms with Crippen LogP contribution >= 0.6 is 11.6 Å². The molecule has 0 fully saturated rings. The van der Waals surface area contributed by atoms with E-state index in [1.54, 1.807) is 37.5 Å². The molecule has 6 nitrogen and oxygen atoms in total. The van der Waals surface area contributed by atoms with Gasteiger partial charge >= 0.3 is 5.97 Å². The van der Waals surface area contributed by atoms with Crippen LogP contribution in [0.5, 0.6) is 17.2 Å². The van der Waals surface area contributed by atoms with Gasteiger partial charge < -0.3 is 18.9 Å². The molecular weight excluding hydrogens is 442 g/mol. The van der Waals surface area contributed by atoms with Gasteiger partial charge in [0.15, 0.2) is 17.2 Å². The minimum absolute atomic E-state index is 0.195. The van der Waals surface area contributed by atoms with Crippen molar-refractivity contribution in [3.63, 3.8) is 0 Å². The van der Waals surface area contributed by atoms with Crippen LogP contribution in [0.15, 0.2) is 77.4 Å². The minimum Gasteiger partial charge on any atom is -0.493 e. The molecule has 0 aromatic heterocycles. The molecule has 0 saturated carbocycles. The molecule has 3 aromatic carbocycles. The summed E-state index contributed by atoms with van der Waals surface area (Å²) in [4.78, 5) is 16.8. The van der Waals surface area contributed by atoms with Crippen molar-refractivity contribution in [3.05, 3.63) is 94.1 Å². The molecule has 0 spiro atoms. The van der Waals surface area contributed by atoms with Crippen LogP contribution in [0, 0.1) is 6.92 Å². The third kappa shape index (κ3) is 5.54. The quantitative estimate of drug-likeness (QED) is 0.252. The van der Waals surface area contributed by atoms with E-state index in [1.165, 1.54) is 0 Å². The number of nitrogens with zero attached hydrogens (tertiary/aromatic N) is 1. The van der Waals surface area contributed by atoms with Crippen LogP contribution in [0.4, 0.5) is 0 Å². The number of hydrogen-bond acceptors (Lipinski definition) is 6. The van der Waals surface area contributed by atoms with E-state index in [9.17, 15) is 4.79 Å². The number of carbonyl (C=O) groups is 1.